The molecule has 1 saturated carbocycles. The average molecular weight is 367 g/mol. The molecule has 2 N–H and O–H groups in total. The number of nitrogens with one attached hydrogen (secondary N) is 2. The van der Waals surface area contributed by atoms with Gasteiger partial charge in [-0.15, -0.1) is 0 Å². The van der Waals surface area contributed by atoms with Gasteiger partial charge < -0.3 is 20.3 Å². The van der Waals surface area contributed by atoms with Crippen LogP contribution in [-0.2, 0) is 4.74 Å². The Morgan fingerprint density at radius 3 is 2.72 bits per heavy atom. The zero-order valence-corrected chi connectivity index (χ0v) is 15.7. The molecule has 0 atom stereocenters. The molecule has 2 rings (SSSR count). The van der Waals surface area contributed by atoms with Crippen molar-refractivity contribution in [2.75, 3.05) is 46.9 Å². The molecule has 1 aliphatic rings. The molecule has 1 amide bonds. The van der Waals surface area contributed by atoms with E-state index in [4.69, 9.17) is 16.3 Å². The number of guanidine groups is 1. The summed E-state index contributed by atoms with van der Waals surface area (Å²) in [4.78, 5) is 18.3. The van der Waals surface area contributed by atoms with Gasteiger partial charge in [-0.25, -0.2) is 0 Å². The van der Waals surface area contributed by atoms with Crippen LogP contribution in [0.15, 0.2) is 29.3 Å². The van der Waals surface area contributed by atoms with E-state index in [9.17, 15) is 4.79 Å². The lowest BCUT2D eigenvalue weighted by Gasteiger charge is -2.22. The summed E-state index contributed by atoms with van der Waals surface area (Å²) >= 11 is 6.02. The lowest BCUT2D eigenvalue weighted by molar-refractivity contribution is 0.0954. The monoisotopic (exact) mass is 366 g/mol. The van der Waals surface area contributed by atoms with E-state index in [-0.39, 0.29) is 5.91 Å². The van der Waals surface area contributed by atoms with E-state index in [0.717, 1.165) is 25.0 Å². The van der Waals surface area contributed by atoms with E-state index in [1.54, 1.807) is 31.3 Å². The number of likely N-dealkylation sites (N-methyl/N-ethyl adjacent to an activating group) is 1. The van der Waals surface area contributed by atoms with Crippen molar-refractivity contribution in [3.05, 3.63) is 34.9 Å². The van der Waals surface area contributed by atoms with Gasteiger partial charge in [0.15, 0.2) is 5.96 Å². The molecule has 0 unspecified atom stereocenters. The zero-order chi connectivity index (χ0) is 18.1. The molecule has 25 heavy (non-hydrogen) atoms. The van der Waals surface area contributed by atoms with Gasteiger partial charge in [-0.2, -0.15) is 0 Å². The topological polar surface area (TPSA) is 66.0 Å². The first-order valence-corrected chi connectivity index (χ1v) is 9.02. The highest BCUT2D eigenvalue weighted by Gasteiger charge is 2.21. The van der Waals surface area contributed by atoms with Gasteiger partial charge in [0, 0.05) is 40.3 Å². The average Bonchev–Trinajstić information content (AvgIpc) is 3.43. The van der Waals surface area contributed by atoms with Crippen molar-refractivity contribution in [3.63, 3.8) is 0 Å². The minimum absolute atomic E-state index is 0.177. The van der Waals surface area contributed by atoms with Gasteiger partial charge in [-0.1, -0.05) is 23.7 Å². The lowest BCUT2D eigenvalue weighted by atomic mass is 10.2. The molecule has 1 aliphatic carbocycles. The Morgan fingerprint density at radius 1 is 1.32 bits per heavy atom. The number of halogens is 1. The number of rotatable bonds is 9. The number of ether oxygens (including phenoxy) is 1. The first kappa shape index (κ1) is 19.5. The molecule has 0 saturated heterocycles. The second-order valence-electron chi connectivity index (χ2n) is 6.15. The Kier molecular flexibility index (Phi) is 8.01. The fourth-order valence-electron chi connectivity index (χ4n) is 2.32. The molecule has 0 aromatic heterocycles. The molecule has 1 fully saturated rings. The second-order valence-corrected chi connectivity index (χ2v) is 6.56. The van der Waals surface area contributed by atoms with Crippen LogP contribution in [-0.4, -0.2) is 63.7 Å². The number of nitrogens with zero attached hydrogens (tertiary/aromatic N) is 2. The number of carbonyl (C=O) groups excluding carboxylic acids is 1. The molecular weight excluding hydrogens is 340 g/mol. The van der Waals surface area contributed by atoms with Gasteiger partial charge in [0.2, 0.25) is 0 Å². The summed E-state index contributed by atoms with van der Waals surface area (Å²) in [6, 6.07) is 7.01. The number of aliphatic imine (C=N–C) groups is 1. The fourth-order valence-corrected chi connectivity index (χ4v) is 2.54. The first-order valence-electron chi connectivity index (χ1n) is 8.64. The molecule has 6 nitrogen and oxygen atoms in total. The molecular formula is C18H27ClN4O2. The van der Waals surface area contributed by atoms with Crippen molar-refractivity contribution >= 4 is 23.5 Å². The molecule has 0 bridgehead atoms. The van der Waals surface area contributed by atoms with E-state index in [2.05, 4.69) is 15.6 Å². The Labute approximate surface area is 154 Å². The van der Waals surface area contributed by atoms with E-state index in [1.165, 1.54) is 12.8 Å². The van der Waals surface area contributed by atoms with E-state index in [0.29, 0.717) is 30.3 Å². The van der Waals surface area contributed by atoms with Crippen LogP contribution >= 0.6 is 11.6 Å². The highest BCUT2D eigenvalue weighted by Crippen LogP contribution is 2.28. The third kappa shape index (κ3) is 6.92. The normalized spacial score (nSPS) is 14.3. The van der Waals surface area contributed by atoms with E-state index < -0.39 is 0 Å². The molecule has 0 heterocycles. The fraction of sp³-hybridized carbons (Fsp3) is 0.556. The van der Waals surface area contributed by atoms with Crippen LogP contribution in [0.25, 0.3) is 0 Å². The summed E-state index contributed by atoms with van der Waals surface area (Å²) in [6.45, 7) is 3.40. The largest absolute Gasteiger partial charge is 0.379 e. The predicted molar refractivity (Wildman–Crippen MR) is 101 cm³/mol. The number of benzene rings is 1. The Hall–Kier alpha value is -1.79. The molecule has 1 aromatic carbocycles. The van der Waals surface area contributed by atoms with Gasteiger partial charge in [0.05, 0.1) is 17.2 Å². The van der Waals surface area contributed by atoms with Gasteiger partial charge >= 0.3 is 0 Å². The molecule has 0 radical (unpaired) electrons. The lowest BCUT2D eigenvalue weighted by Crippen LogP contribution is -2.43. The summed E-state index contributed by atoms with van der Waals surface area (Å²) in [5.74, 6) is 1.38. The standard InChI is InChI=1S/C18H27ClN4O2/c1-20-18(23(2)11-12-25-13-14-7-8-14)22-10-9-21-17(24)15-5-3-4-6-16(15)19/h3-6,14H,7-13H2,1-2H3,(H,20,22)(H,21,24). The van der Waals surface area contributed by atoms with Crippen molar-refractivity contribution in [3.8, 4) is 0 Å². The van der Waals surface area contributed by atoms with Gasteiger partial charge in [-0.3, -0.25) is 9.79 Å². The highest BCUT2D eigenvalue weighted by atomic mass is 35.5. The van der Waals surface area contributed by atoms with E-state index >= 15 is 0 Å². The minimum atomic E-state index is -0.177. The van der Waals surface area contributed by atoms with Crippen molar-refractivity contribution in [1.29, 1.82) is 0 Å². The maximum atomic E-state index is 12.1. The number of hydrogen-bond acceptors (Lipinski definition) is 3. The first-order chi connectivity index (χ1) is 12.1. The highest BCUT2D eigenvalue weighted by molar-refractivity contribution is 6.33. The Balaban J connectivity index is 1.62. The van der Waals surface area contributed by atoms with Gasteiger partial charge in [0.1, 0.15) is 0 Å². The van der Waals surface area contributed by atoms with Crippen molar-refractivity contribution in [2.45, 2.75) is 12.8 Å². The van der Waals surface area contributed by atoms with Crippen molar-refractivity contribution in [2.24, 2.45) is 10.9 Å². The zero-order valence-electron chi connectivity index (χ0n) is 14.9. The molecule has 1 aromatic rings. The smallest absolute Gasteiger partial charge is 0.252 e. The van der Waals surface area contributed by atoms with Crippen molar-refractivity contribution in [1.82, 2.24) is 15.5 Å². The van der Waals surface area contributed by atoms with Crippen LogP contribution in [0.5, 0.6) is 0 Å². The van der Waals surface area contributed by atoms with Crippen LogP contribution in [0.2, 0.25) is 5.02 Å². The van der Waals surface area contributed by atoms with Gasteiger partial charge in [0.25, 0.3) is 5.91 Å². The third-order valence-electron chi connectivity index (χ3n) is 4.01. The number of amides is 1. The van der Waals surface area contributed by atoms with Crippen LogP contribution < -0.4 is 10.6 Å². The predicted octanol–water partition coefficient (Wildman–Crippen LogP) is 2.00. The number of hydrogen-bond donors (Lipinski definition) is 2. The summed E-state index contributed by atoms with van der Waals surface area (Å²) in [7, 11) is 3.71. The summed E-state index contributed by atoms with van der Waals surface area (Å²) in [5.41, 5.74) is 0.485. The maximum Gasteiger partial charge on any atom is 0.252 e. The van der Waals surface area contributed by atoms with E-state index in [1.807, 2.05) is 11.9 Å². The number of carbonyl (C=O) groups is 1. The summed E-state index contributed by atoms with van der Waals surface area (Å²) in [6.07, 6.45) is 2.61. The quantitative estimate of drug-likeness (QED) is 0.398. The molecule has 138 valence electrons. The van der Waals surface area contributed by atoms with Crippen LogP contribution in [0.4, 0.5) is 0 Å². The maximum absolute atomic E-state index is 12.1. The summed E-state index contributed by atoms with van der Waals surface area (Å²) < 4.78 is 5.65. The van der Waals surface area contributed by atoms with Crippen LogP contribution in [0, 0.1) is 5.92 Å². The molecule has 0 aliphatic heterocycles. The van der Waals surface area contributed by atoms with Gasteiger partial charge in [-0.05, 0) is 30.9 Å². The van der Waals surface area contributed by atoms with Crippen LogP contribution in [0.1, 0.15) is 23.2 Å². The van der Waals surface area contributed by atoms with Crippen LogP contribution in [0.3, 0.4) is 0 Å². The third-order valence-corrected chi connectivity index (χ3v) is 4.34. The Bertz CT molecular complexity index is 590. The minimum Gasteiger partial charge on any atom is -0.379 e. The van der Waals surface area contributed by atoms with Crippen molar-refractivity contribution < 1.29 is 9.53 Å². The summed E-state index contributed by atoms with van der Waals surface area (Å²) in [5, 5.41) is 6.52. The second kappa shape index (κ2) is 10.3. The molecule has 7 heteroatoms. The SMILES string of the molecule is CN=C(NCCNC(=O)c1ccccc1Cl)N(C)CCOCC1CC1. The molecule has 0 spiro atoms. The Morgan fingerprint density at radius 2 is 2.04 bits per heavy atom.